The van der Waals surface area contributed by atoms with Crippen molar-refractivity contribution >= 4 is 29.9 Å². The topological polar surface area (TPSA) is 39.7 Å². The van der Waals surface area contributed by atoms with Crippen molar-refractivity contribution in [1.82, 2.24) is 15.5 Å². The van der Waals surface area contributed by atoms with Crippen LogP contribution in [0.3, 0.4) is 0 Å². The number of nitrogens with zero attached hydrogens (tertiary/aromatic N) is 2. The predicted molar refractivity (Wildman–Crippen MR) is 104 cm³/mol. The standard InChI is InChI=1S/C16H34N4.HI/c1-5-12-20(6-2)13-11-18-16(17-4)19-15-9-7-14(3)8-10-15;/h14-15H,5-13H2,1-4H3,(H2,17,18,19);1H. The molecule has 5 heteroatoms. The molecule has 1 rings (SSSR count). The van der Waals surface area contributed by atoms with Crippen molar-refractivity contribution < 1.29 is 0 Å². The molecule has 1 aliphatic rings. The highest BCUT2D eigenvalue weighted by Gasteiger charge is 2.18. The van der Waals surface area contributed by atoms with Gasteiger partial charge in [-0.3, -0.25) is 4.99 Å². The van der Waals surface area contributed by atoms with E-state index < -0.39 is 0 Å². The van der Waals surface area contributed by atoms with E-state index in [9.17, 15) is 0 Å². The van der Waals surface area contributed by atoms with E-state index in [2.05, 4.69) is 41.3 Å². The number of aliphatic imine (C=N–C) groups is 1. The molecule has 0 aromatic heterocycles. The Bertz CT molecular complexity index is 275. The van der Waals surface area contributed by atoms with Crippen LogP contribution in [0.5, 0.6) is 0 Å². The fourth-order valence-corrected chi connectivity index (χ4v) is 2.87. The maximum Gasteiger partial charge on any atom is 0.191 e. The normalized spacial score (nSPS) is 22.8. The Kier molecular flexibility index (Phi) is 12.5. The molecule has 1 saturated carbocycles. The molecule has 0 amide bonds. The molecule has 126 valence electrons. The van der Waals surface area contributed by atoms with E-state index in [0.717, 1.165) is 31.5 Å². The van der Waals surface area contributed by atoms with Crippen LogP contribution in [-0.4, -0.2) is 50.1 Å². The number of guanidine groups is 1. The molecule has 0 unspecified atom stereocenters. The Labute approximate surface area is 148 Å². The largest absolute Gasteiger partial charge is 0.355 e. The summed E-state index contributed by atoms with van der Waals surface area (Å²) in [5.41, 5.74) is 0. The Hall–Kier alpha value is -0.0400. The fraction of sp³-hybridized carbons (Fsp3) is 0.938. The first kappa shape index (κ1) is 21.0. The van der Waals surface area contributed by atoms with Gasteiger partial charge in [-0.25, -0.2) is 0 Å². The lowest BCUT2D eigenvalue weighted by Crippen LogP contribution is -2.46. The summed E-state index contributed by atoms with van der Waals surface area (Å²) in [6.45, 7) is 11.2. The van der Waals surface area contributed by atoms with Crippen molar-refractivity contribution in [2.75, 3.05) is 33.2 Å². The summed E-state index contributed by atoms with van der Waals surface area (Å²) in [5.74, 6) is 1.87. The molecular weight excluding hydrogens is 375 g/mol. The number of rotatable bonds is 7. The second-order valence-electron chi connectivity index (χ2n) is 6.03. The molecule has 0 bridgehead atoms. The van der Waals surface area contributed by atoms with E-state index in [-0.39, 0.29) is 24.0 Å². The van der Waals surface area contributed by atoms with Gasteiger partial charge in [0, 0.05) is 26.2 Å². The van der Waals surface area contributed by atoms with E-state index >= 15 is 0 Å². The van der Waals surface area contributed by atoms with Crippen LogP contribution in [0.4, 0.5) is 0 Å². The summed E-state index contributed by atoms with van der Waals surface area (Å²) in [4.78, 5) is 6.82. The van der Waals surface area contributed by atoms with Gasteiger partial charge >= 0.3 is 0 Å². The molecule has 0 spiro atoms. The minimum absolute atomic E-state index is 0. The third kappa shape index (κ3) is 8.86. The number of likely N-dealkylation sites (N-methyl/N-ethyl adjacent to an activating group) is 1. The molecule has 0 aromatic carbocycles. The Morgan fingerprint density at radius 2 is 1.81 bits per heavy atom. The van der Waals surface area contributed by atoms with Crippen LogP contribution in [0.15, 0.2) is 4.99 Å². The first-order chi connectivity index (χ1) is 9.69. The van der Waals surface area contributed by atoms with Gasteiger partial charge < -0.3 is 15.5 Å². The van der Waals surface area contributed by atoms with Crippen molar-refractivity contribution in [2.24, 2.45) is 10.9 Å². The second kappa shape index (κ2) is 12.5. The molecule has 4 nitrogen and oxygen atoms in total. The lowest BCUT2D eigenvalue weighted by Gasteiger charge is -2.28. The van der Waals surface area contributed by atoms with Gasteiger partial charge in [0.15, 0.2) is 5.96 Å². The fourth-order valence-electron chi connectivity index (χ4n) is 2.87. The van der Waals surface area contributed by atoms with Crippen LogP contribution in [0, 0.1) is 5.92 Å². The Balaban J connectivity index is 0.00000400. The summed E-state index contributed by atoms with van der Waals surface area (Å²) in [5, 5.41) is 7.02. The van der Waals surface area contributed by atoms with Crippen LogP contribution in [-0.2, 0) is 0 Å². The predicted octanol–water partition coefficient (Wildman–Crippen LogP) is 3.08. The maximum atomic E-state index is 4.35. The lowest BCUT2D eigenvalue weighted by molar-refractivity contribution is 0.292. The zero-order valence-electron chi connectivity index (χ0n) is 14.3. The SMILES string of the molecule is CCCN(CC)CCNC(=NC)NC1CCC(C)CC1.I. The highest BCUT2D eigenvalue weighted by Crippen LogP contribution is 2.23. The Morgan fingerprint density at radius 1 is 1.14 bits per heavy atom. The van der Waals surface area contributed by atoms with Gasteiger partial charge in [-0.2, -0.15) is 0 Å². The minimum Gasteiger partial charge on any atom is -0.355 e. The average Bonchev–Trinajstić information content (AvgIpc) is 2.47. The zero-order valence-corrected chi connectivity index (χ0v) is 16.7. The minimum atomic E-state index is 0. The second-order valence-corrected chi connectivity index (χ2v) is 6.03. The van der Waals surface area contributed by atoms with Crippen molar-refractivity contribution in [2.45, 2.75) is 58.9 Å². The molecule has 0 heterocycles. The van der Waals surface area contributed by atoms with Gasteiger partial charge in [-0.05, 0) is 51.1 Å². The average molecular weight is 410 g/mol. The highest BCUT2D eigenvalue weighted by molar-refractivity contribution is 14.0. The molecule has 1 aliphatic carbocycles. The van der Waals surface area contributed by atoms with Crippen LogP contribution < -0.4 is 10.6 Å². The van der Waals surface area contributed by atoms with E-state index in [1.807, 2.05) is 7.05 Å². The van der Waals surface area contributed by atoms with Gasteiger partial charge in [0.1, 0.15) is 0 Å². The summed E-state index contributed by atoms with van der Waals surface area (Å²) in [6, 6.07) is 0.607. The molecule has 0 aromatic rings. The smallest absolute Gasteiger partial charge is 0.191 e. The molecule has 21 heavy (non-hydrogen) atoms. The van der Waals surface area contributed by atoms with Gasteiger partial charge in [-0.15, -0.1) is 24.0 Å². The third-order valence-corrected chi connectivity index (χ3v) is 4.29. The number of hydrogen-bond acceptors (Lipinski definition) is 2. The third-order valence-electron chi connectivity index (χ3n) is 4.29. The van der Waals surface area contributed by atoms with Crippen LogP contribution in [0.25, 0.3) is 0 Å². The number of halogens is 1. The molecule has 2 N–H and O–H groups in total. The van der Waals surface area contributed by atoms with Crippen LogP contribution >= 0.6 is 24.0 Å². The quantitative estimate of drug-likeness (QED) is 0.385. The first-order valence-electron chi connectivity index (χ1n) is 8.39. The van der Waals surface area contributed by atoms with Crippen LogP contribution in [0.2, 0.25) is 0 Å². The molecule has 0 atom stereocenters. The summed E-state index contributed by atoms with van der Waals surface area (Å²) in [7, 11) is 1.87. The number of hydrogen-bond donors (Lipinski definition) is 2. The van der Waals surface area contributed by atoms with Gasteiger partial charge in [-0.1, -0.05) is 20.8 Å². The Morgan fingerprint density at radius 3 is 2.33 bits per heavy atom. The zero-order chi connectivity index (χ0) is 14.8. The van der Waals surface area contributed by atoms with E-state index in [1.165, 1.54) is 38.6 Å². The molecule has 0 saturated heterocycles. The van der Waals surface area contributed by atoms with Gasteiger partial charge in [0.05, 0.1) is 0 Å². The highest BCUT2D eigenvalue weighted by atomic mass is 127. The summed E-state index contributed by atoms with van der Waals surface area (Å²) in [6.07, 6.45) is 6.46. The molecular formula is C16H35IN4. The van der Waals surface area contributed by atoms with E-state index in [1.54, 1.807) is 0 Å². The molecule has 1 fully saturated rings. The summed E-state index contributed by atoms with van der Waals surface area (Å²) >= 11 is 0. The van der Waals surface area contributed by atoms with Crippen molar-refractivity contribution in [3.05, 3.63) is 0 Å². The van der Waals surface area contributed by atoms with Gasteiger partial charge in [0.25, 0.3) is 0 Å². The first-order valence-corrected chi connectivity index (χ1v) is 8.39. The number of nitrogens with one attached hydrogen (secondary N) is 2. The maximum absolute atomic E-state index is 4.35. The monoisotopic (exact) mass is 410 g/mol. The van der Waals surface area contributed by atoms with E-state index in [4.69, 9.17) is 0 Å². The van der Waals surface area contributed by atoms with Crippen molar-refractivity contribution in [1.29, 1.82) is 0 Å². The lowest BCUT2D eigenvalue weighted by atomic mass is 9.87. The van der Waals surface area contributed by atoms with Crippen LogP contribution in [0.1, 0.15) is 52.9 Å². The van der Waals surface area contributed by atoms with E-state index in [0.29, 0.717) is 6.04 Å². The molecule has 0 aliphatic heterocycles. The van der Waals surface area contributed by atoms with Gasteiger partial charge in [0.2, 0.25) is 0 Å². The molecule has 0 radical (unpaired) electrons. The van der Waals surface area contributed by atoms with Crippen molar-refractivity contribution in [3.63, 3.8) is 0 Å². The van der Waals surface area contributed by atoms with Crippen molar-refractivity contribution in [3.8, 4) is 0 Å². The summed E-state index contributed by atoms with van der Waals surface area (Å²) < 4.78 is 0.